The van der Waals surface area contributed by atoms with Crippen LogP contribution in [0.15, 0.2) is 0 Å². The number of hydrogen-bond acceptors (Lipinski definition) is 6. The Balaban J connectivity index is 1.66. The maximum absolute atomic E-state index is 6.66. The molecule has 3 rings (SSSR count). The van der Waals surface area contributed by atoms with Crippen LogP contribution in [0, 0.1) is 41.4 Å². The number of rotatable bonds is 6. The predicted molar refractivity (Wildman–Crippen MR) is 129 cm³/mol. The quantitative estimate of drug-likeness (QED) is 0.536. The van der Waals surface area contributed by atoms with Crippen LogP contribution >= 0.6 is 0 Å². The minimum absolute atomic E-state index is 0.0272. The lowest BCUT2D eigenvalue weighted by atomic mass is 9.78. The third-order valence-electron chi connectivity index (χ3n) is 9.47. The molecule has 6 unspecified atom stereocenters. The van der Waals surface area contributed by atoms with E-state index in [1.165, 1.54) is 0 Å². The van der Waals surface area contributed by atoms with Crippen molar-refractivity contribution >= 4 is 0 Å². The van der Waals surface area contributed by atoms with Crippen molar-refractivity contribution in [3.05, 3.63) is 0 Å². The van der Waals surface area contributed by atoms with Crippen LogP contribution in [0.4, 0.5) is 0 Å². The van der Waals surface area contributed by atoms with E-state index in [9.17, 15) is 0 Å². The minimum Gasteiger partial charge on any atom is -0.382 e. The molecule has 0 radical (unpaired) electrons. The van der Waals surface area contributed by atoms with Crippen LogP contribution < -0.4 is 0 Å². The van der Waals surface area contributed by atoms with Crippen LogP contribution in [0.3, 0.4) is 0 Å². The molecule has 0 saturated carbocycles. The zero-order valence-electron chi connectivity index (χ0n) is 22.8. The summed E-state index contributed by atoms with van der Waals surface area (Å²) in [5.74, 6) is 2.57. The molecule has 3 aliphatic rings. The van der Waals surface area contributed by atoms with Gasteiger partial charge in [0, 0.05) is 18.9 Å². The maximum atomic E-state index is 6.66. The van der Waals surface area contributed by atoms with Gasteiger partial charge >= 0.3 is 0 Å². The molecule has 0 aliphatic carbocycles. The Kier molecular flexibility index (Phi) is 9.30. The summed E-state index contributed by atoms with van der Waals surface area (Å²) >= 11 is 0. The molecule has 0 aromatic carbocycles. The van der Waals surface area contributed by atoms with E-state index < -0.39 is 0 Å². The molecule has 0 aromatic heterocycles. The van der Waals surface area contributed by atoms with Crippen LogP contribution in [0.5, 0.6) is 0 Å². The predicted octanol–water partition coefficient (Wildman–Crippen LogP) is 5.13. The largest absolute Gasteiger partial charge is 0.382 e. The first-order chi connectivity index (χ1) is 15.5. The molecule has 0 aromatic rings. The summed E-state index contributed by atoms with van der Waals surface area (Å²) in [4.78, 5) is 0. The monoisotopic (exact) mass is 470 g/mol. The average molecular weight is 471 g/mol. The van der Waals surface area contributed by atoms with Crippen molar-refractivity contribution in [3.63, 3.8) is 0 Å². The van der Waals surface area contributed by atoms with Gasteiger partial charge < -0.3 is 28.4 Å². The molecule has 15 atom stereocenters. The van der Waals surface area contributed by atoms with Crippen molar-refractivity contribution in [3.8, 4) is 0 Å². The van der Waals surface area contributed by atoms with E-state index >= 15 is 0 Å². The topological polar surface area (TPSA) is 55.4 Å². The van der Waals surface area contributed by atoms with Crippen LogP contribution in [0.25, 0.3) is 0 Å². The highest BCUT2D eigenvalue weighted by molar-refractivity contribution is 4.90. The Hall–Kier alpha value is -0.240. The van der Waals surface area contributed by atoms with E-state index in [4.69, 9.17) is 28.4 Å². The molecule has 3 aliphatic heterocycles. The van der Waals surface area contributed by atoms with Gasteiger partial charge in [0.05, 0.1) is 43.2 Å². The van der Waals surface area contributed by atoms with Gasteiger partial charge in [-0.3, -0.25) is 0 Å². The fraction of sp³-hybridized carbons (Fsp3) is 1.00. The summed E-state index contributed by atoms with van der Waals surface area (Å²) in [5.41, 5.74) is 0. The highest BCUT2D eigenvalue weighted by Gasteiger charge is 2.48. The van der Waals surface area contributed by atoms with Gasteiger partial charge in [0.2, 0.25) is 0 Å². The Morgan fingerprint density at radius 1 is 0.485 bits per heavy atom. The number of hydrogen-bond donors (Lipinski definition) is 0. The van der Waals surface area contributed by atoms with E-state index in [2.05, 4.69) is 69.2 Å². The van der Waals surface area contributed by atoms with Gasteiger partial charge in [-0.2, -0.15) is 0 Å². The number of ether oxygens (including phenoxy) is 6. The molecule has 3 heterocycles. The van der Waals surface area contributed by atoms with Crippen molar-refractivity contribution < 1.29 is 28.4 Å². The standard InChI is InChI=1S/C27H50O6/c1-13-15(3)23(12-28-11)31-27(18(13)6)33-25-17(5)19(7)26(30-22(25)10)32-24-16(4)14(2)20(8)29-21(24)9/h13-27H,12H2,1-11H3/t13-,14?,15+,16+,17+,18?,19?,20-,21?,22?,23?,24+,25+,26-,27-/m1/s1. The van der Waals surface area contributed by atoms with Crippen LogP contribution in [0.1, 0.15) is 69.2 Å². The number of methoxy groups -OCH3 is 1. The lowest BCUT2D eigenvalue weighted by Gasteiger charge is -2.50. The summed E-state index contributed by atoms with van der Waals surface area (Å²) in [7, 11) is 1.73. The van der Waals surface area contributed by atoms with Crippen LogP contribution in [-0.2, 0) is 28.4 Å². The summed E-state index contributed by atoms with van der Waals surface area (Å²) in [6, 6.07) is 0. The van der Waals surface area contributed by atoms with Gasteiger partial charge in [-0.1, -0.05) is 48.5 Å². The molecular formula is C27H50O6. The van der Waals surface area contributed by atoms with Crippen molar-refractivity contribution in [2.75, 3.05) is 13.7 Å². The van der Waals surface area contributed by atoms with Gasteiger partial charge in [-0.25, -0.2) is 0 Å². The zero-order chi connectivity index (χ0) is 24.6. The molecule has 6 heteroatoms. The van der Waals surface area contributed by atoms with Gasteiger partial charge in [0.1, 0.15) is 0 Å². The van der Waals surface area contributed by atoms with E-state index in [1.807, 2.05) is 0 Å². The van der Waals surface area contributed by atoms with Crippen molar-refractivity contribution in [1.29, 1.82) is 0 Å². The smallest absolute Gasteiger partial charge is 0.161 e. The van der Waals surface area contributed by atoms with Crippen molar-refractivity contribution in [1.82, 2.24) is 0 Å². The fourth-order valence-corrected chi connectivity index (χ4v) is 6.01. The lowest BCUT2D eigenvalue weighted by molar-refractivity contribution is -0.337. The second kappa shape index (κ2) is 11.2. The summed E-state index contributed by atoms with van der Waals surface area (Å²) < 4.78 is 37.7. The van der Waals surface area contributed by atoms with E-state index in [-0.39, 0.29) is 61.0 Å². The van der Waals surface area contributed by atoms with Crippen molar-refractivity contribution in [2.24, 2.45) is 41.4 Å². The first-order valence-electron chi connectivity index (χ1n) is 13.2. The second-order valence-corrected chi connectivity index (χ2v) is 11.5. The van der Waals surface area contributed by atoms with Crippen molar-refractivity contribution in [2.45, 2.75) is 118 Å². The van der Waals surface area contributed by atoms with E-state index in [0.717, 1.165) is 0 Å². The van der Waals surface area contributed by atoms with E-state index in [1.54, 1.807) is 7.11 Å². The lowest BCUT2D eigenvalue weighted by Crippen LogP contribution is -2.57. The Morgan fingerprint density at radius 2 is 0.970 bits per heavy atom. The fourth-order valence-electron chi connectivity index (χ4n) is 6.01. The molecule has 3 saturated heterocycles. The van der Waals surface area contributed by atoms with Gasteiger partial charge in [0.15, 0.2) is 12.6 Å². The summed E-state index contributed by atoms with van der Waals surface area (Å²) in [5, 5.41) is 0. The van der Waals surface area contributed by atoms with Gasteiger partial charge in [-0.15, -0.1) is 0 Å². The normalized spacial score (nSPS) is 53.7. The third kappa shape index (κ3) is 5.62. The molecule has 0 amide bonds. The second-order valence-electron chi connectivity index (χ2n) is 11.5. The zero-order valence-corrected chi connectivity index (χ0v) is 22.8. The van der Waals surface area contributed by atoms with Gasteiger partial charge in [-0.05, 0) is 50.4 Å². The highest BCUT2D eigenvalue weighted by Crippen LogP contribution is 2.41. The minimum atomic E-state index is -0.265. The highest BCUT2D eigenvalue weighted by atomic mass is 16.7. The molecule has 6 nitrogen and oxygen atoms in total. The molecule has 0 N–H and O–H groups in total. The maximum Gasteiger partial charge on any atom is 0.161 e. The average Bonchev–Trinajstić information content (AvgIpc) is 2.77. The summed E-state index contributed by atoms with van der Waals surface area (Å²) in [6.45, 7) is 22.7. The molecule has 0 bridgehead atoms. The summed E-state index contributed by atoms with van der Waals surface area (Å²) in [6.07, 6.45) is -0.272. The Labute approximate surface area is 202 Å². The first kappa shape index (κ1) is 27.3. The molecule has 33 heavy (non-hydrogen) atoms. The Morgan fingerprint density at radius 3 is 1.55 bits per heavy atom. The molecule has 194 valence electrons. The Bertz CT molecular complexity index is 615. The van der Waals surface area contributed by atoms with Gasteiger partial charge in [0.25, 0.3) is 0 Å². The van der Waals surface area contributed by atoms with Crippen LogP contribution in [-0.4, -0.2) is 62.9 Å². The third-order valence-corrected chi connectivity index (χ3v) is 9.47. The van der Waals surface area contributed by atoms with E-state index in [0.29, 0.717) is 36.2 Å². The molecule has 3 fully saturated rings. The van der Waals surface area contributed by atoms with Crippen LogP contribution in [0.2, 0.25) is 0 Å². The molecule has 0 spiro atoms. The molecular weight excluding hydrogens is 420 g/mol. The first-order valence-corrected chi connectivity index (χ1v) is 13.2. The SMILES string of the molecule is COCC1O[C@H](O[C@@H]2C(C)O[C@H](O[C@@H]3C(C)O[C@H](C)C(C)[C@@H]3C)C(C)[C@@H]2C)C(C)[C@H](C)[C@@H]1C.